The number of benzene rings is 1. The molecule has 0 amide bonds. The molecule has 0 bridgehead atoms. The Hall–Kier alpha value is -2.12. The van der Waals surface area contributed by atoms with Crippen molar-refractivity contribution in [3.63, 3.8) is 0 Å². The maximum Gasteiger partial charge on any atom is 0.106 e. The zero-order valence-corrected chi connectivity index (χ0v) is 15.5. The van der Waals surface area contributed by atoms with E-state index in [1.165, 1.54) is 21.7 Å². The zero-order valence-electron chi connectivity index (χ0n) is 12.5. The SMILES string of the molecule is N=Cc1ccc(-c2nccc3c2sc2ccccc23)nc1/C=C\I. The fourth-order valence-corrected chi connectivity index (χ4v) is 4.30. The van der Waals surface area contributed by atoms with Gasteiger partial charge in [0.15, 0.2) is 0 Å². The summed E-state index contributed by atoms with van der Waals surface area (Å²) < 4.78 is 4.31. The lowest BCUT2D eigenvalue weighted by Crippen LogP contribution is -1.94. The molecule has 0 fully saturated rings. The van der Waals surface area contributed by atoms with E-state index in [4.69, 9.17) is 10.4 Å². The van der Waals surface area contributed by atoms with E-state index in [1.807, 2.05) is 28.5 Å². The number of nitrogens with zero attached hydrogens (tertiary/aromatic N) is 2. The molecule has 0 aliphatic heterocycles. The minimum atomic E-state index is 0.789. The first-order valence-corrected chi connectivity index (χ1v) is 9.43. The highest BCUT2D eigenvalue weighted by molar-refractivity contribution is 14.1. The molecule has 24 heavy (non-hydrogen) atoms. The van der Waals surface area contributed by atoms with E-state index < -0.39 is 0 Å². The van der Waals surface area contributed by atoms with Gasteiger partial charge in [0, 0.05) is 33.4 Å². The highest BCUT2D eigenvalue weighted by Crippen LogP contribution is 2.38. The van der Waals surface area contributed by atoms with Gasteiger partial charge < -0.3 is 5.41 Å². The molecule has 3 aromatic heterocycles. The summed E-state index contributed by atoms with van der Waals surface area (Å²) in [6, 6.07) is 14.3. The number of hydrogen-bond donors (Lipinski definition) is 1. The van der Waals surface area contributed by atoms with Crippen LogP contribution < -0.4 is 0 Å². The molecule has 5 heteroatoms. The normalized spacial score (nSPS) is 11.5. The lowest BCUT2D eigenvalue weighted by molar-refractivity contribution is 1.24. The molecule has 0 unspecified atom stereocenters. The summed E-state index contributed by atoms with van der Waals surface area (Å²) in [7, 11) is 0. The Bertz CT molecular complexity index is 1100. The van der Waals surface area contributed by atoms with Gasteiger partial charge in [-0.25, -0.2) is 4.98 Å². The predicted molar refractivity (Wildman–Crippen MR) is 111 cm³/mol. The van der Waals surface area contributed by atoms with Crippen molar-refractivity contribution < 1.29 is 0 Å². The third kappa shape index (κ3) is 2.53. The minimum Gasteiger partial charge on any atom is -0.308 e. The van der Waals surface area contributed by atoms with Gasteiger partial charge in [-0.05, 0) is 34.4 Å². The van der Waals surface area contributed by atoms with Gasteiger partial charge in [-0.15, -0.1) is 11.3 Å². The number of nitrogens with one attached hydrogen (secondary N) is 1. The van der Waals surface area contributed by atoms with Crippen LogP contribution in [0.1, 0.15) is 11.3 Å². The van der Waals surface area contributed by atoms with Gasteiger partial charge in [0.1, 0.15) is 5.69 Å². The molecule has 4 aromatic rings. The van der Waals surface area contributed by atoms with E-state index in [2.05, 4.69) is 57.9 Å². The van der Waals surface area contributed by atoms with Crippen LogP contribution in [-0.4, -0.2) is 16.2 Å². The molecule has 0 aliphatic carbocycles. The lowest BCUT2D eigenvalue weighted by atomic mass is 10.1. The second kappa shape index (κ2) is 6.41. The summed E-state index contributed by atoms with van der Waals surface area (Å²) in [6.45, 7) is 0. The van der Waals surface area contributed by atoms with Crippen LogP contribution >= 0.6 is 33.9 Å². The first kappa shape index (κ1) is 15.4. The predicted octanol–water partition coefficient (Wildman–Crippen LogP) is 5.91. The smallest absolute Gasteiger partial charge is 0.106 e. The van der Waals surface area contributed by atoms with Gasteiger partial charge in [0.05, 0.1) is 16.1 Å². The van der Waals surface area contributed by atoms with E-state index in [1.54, 1.807) is 11.3 Å². The Morgan fingerprint density at radius 3 is 2.75 bits per heavy atom. The number of fused-ring (bicyclic) bond motifs is 3. The summed E-state index contributed by atoms with van der Waals surface area (Å²) >= 11 is 3.91. The van der Waals surface area contributed by atoms with Gasteiger partial charge in [0.25, 0.3) is 0 Å². The molecule has 4 rings (SSSR count). The molecule has 0 saturated carbocycles. The summed E-state index contributed by atoms with van der Waals surface area (Å²) in [6.07, 6.45) is 5.09. The maximum atomic E-state index is 7.53. The molecule has 0 spiro atoms. The van der Waals surface area contributed by atoms with Crippen LogP contribution in [-0.2, 0) is 0 Å². The Morgan fingerprint density at radius 2 is 1.92 bits per heavy atom. The molecule has 3 heterocycles. The third-order valence-electron chi connectivity index (χ3n) is 3.87. The van der Waals surface area contributed by atoms with Gasteiger partial charge in [-0.2, -0.15) is 0 Å². The largest absolute Gasteiger partial charge is 0.308 e. The molecule has 0 aliphatic rings. The maximum absolute atomic E-state index is 7.53. The Labute approximate surface area is 156 Å². The first-order chi connectivity index (χ1) is 11.8. The van der Waals surface area contributed by atoms with Gasteiger partial charge in [-0.1, -0.05) is 40.8 Å². The van der Waals surface area contributed by atoms with Crippen molar-refractivity contribution in [1.29, 1.82) is 5.41 Å². The monoisotopic (exact) mass is 441 g/mol. The van der Waals surface area contributed by atoms with Crippen LogP contribution in [0.25, 0.3) is 37.6 Å². The number of pyridine rings is 2. The molecular weight excluding hydrogens is 429 g/mol. The van der Waals surface area contributed by atoms with Crippen molar-refractivity contribution in [2.45, 2.75) is 0 Å². The lowest BCUT2D eigenvalue weighted by Gasteiger charge is -2.05. The van der Waals surface area contributed by atoms with Crippen molar-refractivity contribution >= 4 is 66.4 Å². The highest BCUT2D eigenvalue weighted by atomic mass is 127. The van der Waals surface area contributed by atoms with Crippen molar-refractivity contribution in [3.05, 3.63) is 64.0 Å². The van der Waals surface area contributed by atoms with Gasteiger partial charge >= 0.3 is 0 Å². The first-order valence-electron chi connectivity index (χ1n) is 7.36. The summed E-state index contributed by atoms with van der Waals surface area (Å²) in [5, 5.41) is 9.99. The van der Waals surface area contributed by atoms with E-state index in [-0.39, 0.29) is 0 Å². The summed E-state index contributed by atoms with van der Waals surface area (Å²) in [4.78, 5) is 9.32. The van der Waals surface area contributed by atoms with Gasteiger partial charge in [0.2, 0.25) is 0 Å². The fourth-order valence-electron chi connectivity index (χ4n) is 2.77. The molecule has 0 atom stereocenters. The molecule has 1 aromatic carbocycles. The van der Waals surface area contributed by atoms with Crippen LogP contribution in [0.4, 0.5) is 0 Å². The number of thiophene rings is 1. The average molecular weight is 441 g/mol. The summed E-state index contributed by atoms with van der Waals surface area (Å²) in [5.74, 6) is 0. The van der Waals surface area contributed by atoms with Crippen molar-refractivity contribution in [2.75, 3.05) is 0 Å². The van der Waals surface area contributed by atoms with E-state index in [9.17, 15) is 0 Å². The van der Waals surface area contributed by atoms with Crippen molar-refractivity contribution in [3.8, 4) is 11.4 Å². The Kier molecular flexibility index (Phi) is 4.12. The molecule has 1 N–H and O–H groups in total. The van der Waals surface area contributed by atoms with Crippen molar-refractivity contribution in [1.82, 2.24) is 9.97 Å². The van der Waals surface area contributed by atoms with Crippen LogP contribution in [0.5, 0.6) is 0 Å². The third-order valence-corrected chi connectivity index (χ3v) is 5.42. The van der Waals surface area contributed by atoms with E-state index in [0.717, 1.165) is 27.3 Å². The van der Waals surface area contributed by atoms with Crippen molar-refractivity contribution in [2.24, 2.45) is 0 Å². The Balaban J connectivity index is 2.00. The number of aromatic nitrogens is 2. The standard InChI is InChI=1S/C19H12IN3S/c20-9-7-15-12(11-21)5-6-16(23-15)18-19-14(8-10-22-18)13-3-1-2-4-17(13)24-19/h1-11,21H/b9-7-,21-11?. The topological polar surface area (TPSA) is 49.6 Å². The molecule has 3 nitrogen and oxygen atoms in total. The fraction of sp³-hybridized carbons (Fsp3) is 0. The van der Waals surface area contributed by atoms with E-state index in [0.29, 0.717) is 0 Å². The van der Waals surface area contributed by atoms with Gasteiger partial charge in [-0.3, -0.25) is 4.98 Å². The van der Waals surface area contributed by atoms with Crippen LogP contribution in [0.15, 0.2) is 52.7 Å². The average Bonchev–Trinajstić information content (AvgIpc) is 3.01. The number of hydrogen-bond acceptors (Lipinski definition) is 4. The van der Waals surface area contributed by atoms with Crippen LogP contribution in [0.3, 0.4) is 0 Å². The molecule has 0 radical (unpaired) electrons. The second-order valence-corrected chi connectivity index (χ2v) is 7.01. The zero-order chi connectivity index (χ0) is 16.5. The quantitative estimate of drug-likeness (QED) is 0.317. The second-order valence-electron chi connectivity index (χ2n) is 5.24. The summed E-state index contributed by atoms with van der Waals surface area (Å²) in [5.41, 5.74) is 3.32. The highest BCUT2D eigenvalue weighted by Gasteiger charge is 2.13. The van der Waals surface area contributed by atoms with E-state index >= 15 is 0 Å². The molecule has 0 saturated heterocycles. The number of halogens is 1. The molecular formula is C19H12IN3S. The Morgan fingerprint density at radius 1 is 1.04 bits per heavy atom. The molecule has 116 valence electrons. The van der Waals surface area contributed by atoms with Crippen LogP contribution in [0, 0.1) is 5.41 Å². The minimum absolute atomic E-state index is 0.789. The van der Waals surface area contributed by atoms with Crippen LogP contribution in [0.2, 0.25) is 0 Å². The number of rotatable bonds is 3.